The molecule has 1 saturated heterocycles. The minimum atomic E-state index is -2.43. The zero-order valence-corrected chi connectivity index (χ0v) is 28.0. The third-order valence-corrected chi connectivity index (χ3v) is 8.84. The molecule has 0 radical (unpaired) electrons. The molecule has 14 heteroatoms. The van der Waals surface area contributed by atoms with E-state index in [2.05, 4.69) is 36.9 Å². The number of halogens is 3. The van der Waals surface area contributed by atoms with Crippen LogP contribution in [0, 0.1) is 0 Å². The first-order valence-electron chi connectivity index (χ1n) is 13.9. The molecule has 240 valence electrons. The Morgan fingerprint density at radius 2 is 1.86 bits per heavy atom. The number of hydrogen-bond donors (Lipinski definition) is 5. The van der Waals surface area contributed by atoms with Gasteiger partial charge in [0, 0.05) is 43.0 Å². The highest BCUT2D eigenvalue weighted by atomic mass is 35.5. The number of amides is 1. The van der Waals surface area contributed by atoms with Crippen molar-refractivity contribution in [3.63, 3.8) is 0 Å². The smallest absolute Gasteiger partial charge is 0.251 e. The third kappa shape index (κ3) is 9.61. The summed E-state index contributed by atoms with van der Waals surface area (Å²) < 4.78 is 25.9. The second-order valence-electron chi connectivity index (χ2n) is 11.6. The number of benzene rings is 2. The van der Waals surface area contributed by atoms with E-state index in [0.717, 1.165) is 36.6 Å². The Morgan fingerprint density at radius 1 is 1.11 bits per heavy atom. The van der Waals surface area contributed by atoms with Gasteiger partial charge in [0.25, 0.3) is 5.91 Å². The highest BCUT2D eigenvalue weighted by Crippen LogP contribution is 2.40. The summed E-state index contributed by atoms with van der Waals surface area (Å²) >= 11 is 6.62. The van der Waals surface area contributed by atoms with E-state index >= 15 is 0 Å². The third-order valence-electron chi connectivity index (χ3n) is 6.87. The lowest BCUT2D eigenvalue weighted by atomic mass is 10.1. The van der Waals surface area contributed by atoms with Gasteiger partial charge in [-0.2, -0.15) is 10.6 Å². The molecule has 2 aromatic carbocycles. The molecule has 5 rings (SSSR count). The summed E-state index contributed by atoms with van der Waals surface area (Å²) in [6.07, 6.45) is 4.48. The molecule has 0 spiro atoms. The van der Waals surface area contributed by atoms with Crippen molar-refractivity contribution in [1.29, 1.82) is 0 Å². The Labute approximate surface area is 277 Å². The zero-order chi connectivity index (χ0) is 29.9. The molecule has 5 N–H and O–H groups in total. The molecule has 1 fully saturated rings. The second-order valence-corrected chi connectivity index (χ2v) is 14.4. The highest BCUT2D eigenvalue weighted by Gasteiger charge is 2.24. The predicted octanol–water partition coefficient (Wildman–Crippen LogP) is 7.30. The number of nitrogens with one attached hydrogen (secondary N) is 3. The molecule has 1 amide bonds. The number of hydrogen-bond acceptors (Lipinski definition) is 9. The fourth-order valence-corrected chi connectivity index (χ4v) is 6.29. The maximum Gasteiger partial charge on any atom is 0.251 e. The van der Waals surface area contributed by atoms with E-state index in [4.69, 9.17) is 16.3 Å². The van der Waals surface area contributed by atoms with Crippen LogP contribution in [0.3, 0.4) is 0 Å². The summed E-state index contributed by atoms with van der Waals surface area (Å²) in [5, 5.41) is 10.1. The summed E-state index contributed by atoms with van der Waals surface area (Å²) in [4.78, 5) is 23.8. The molecule has 3 aromatic rings. The molecule has 0 bridgehead atoms. The van der Waals surface area contributed by atoms with Crippen molar-refractivity contribution >= 4 is 76.3 Å². The first kappa shape index (κ1) is 35.7. The van der Waals surface area contributed by atoms with E-state index in [1.54, 1.807) is 36.4 Å². The molecule has 2 aliphatic heterocycles. The lowest BCUT2D eigenvalue weighted by Crippen LogP contribution is -2.40. The lowest BCUT2D eigenvalue weighted by molar-refractivity contribution is 0.0919. The summed E-state index contributed by atoms with van der Waals surface area (Å²) in [7, 11) is -2.43. The largest absolute Gasteiger partial charge is 0.456 e. The second kappa shape index (κ2) is 15.0. The molecular weight excluding hydrogens is 647 g/mol. The average Bonchev–Trinajstić information content (AvgIpc) is 3.13. The van der Waals surface area contributed by atoms with E-state index in [-0.39, 0.29) is 36.3 Å². The minimum Gasteiger partial charge on any atom is -0.456 e. The number of carbonyl (C=O) groups excluding carboxylic acids is 1. The van der Waals surface area contributed by atoms with Crippen LogP contribution < -0.4 is 20.7 Å². The molecule has 0 atom stereocenters. The van der Waals surface area contributed by atoms with Gasteiger partial charge in [-0.15, -0.1) is 24.8 Å². The van der Waals surface area contributed by atoms with Crippen molar-refractivity contribution in [2.24, 2.45) is 0 Å². The first-order valence-corrected chi connectivity index (χ1v) is 16.1. The van der Waals surface area contributed by atoms with Gasteiger partial charge in [-0.3, -0.25) is 18.8 Å². The van der Waals surface area contributed by atoms with Crippen molar-refractivity contribution in [2.45, 2.75) is 32.7 Å². The Hall–Kier alpha value is -2.77. The van der Waals surface area contributed by atoms with E-state index in [1.807, 2.05) is 26.8 Å². The topological polar surface area (TPSA) is 132 Å². The van der Waals surface area contributed by atoms with Gasteiger partial charge in [-0.1, -0.05) is 23.2 Å². The van der Waals surface area contributed by atoms with Crippen LogP contribution in [-0.2, 0) is 0 Å². The van der Waals surface area contributed by atoms with E-state index < -0.39 is 10.6 Å². The molecule has 0 aliphatic carbocycles. The SMILES string of the molecule is CC(C)(C)NC(=O)c1cccc(Oc2ccc(Nc3ncnc4c3C=C(CN3CCS(O)(O)CC3)CCN4)cc2Cl)c1.Cl.Cl. The van der Waals surface area contributed by atoms with E-state index in [1.165, 1.54) is 11.9 Å². The van der Waals surface area contributed by atoms with Gasteiger partial charge in [0.1, 0.15) is 29.5 Å². The van der Waals surface area contributed by atoms with Gasteiger partial charge in [0.2, 0.25) is 0 Å². The average molecular weight is 686 g/mol. The van der Waals surface area contributed by atoms with E-state index in [9.17, 15) is 13.9 Å². The van der Waals surface area contributed by atoms with Gasteiger partial charge in [0.15, 0.2) is 0 Å². The normalized spacial score (nSPS) is 16.8. The number of aromatic nitrogens is 2. The first-order chi connectivity index (χ1) is 19.9. The maximum absolute atomic E-state index is 12.6. The minimum absolute atomic E-state index is 0. The van der Waals surface area contributed by atoms with Crippen LogP contribution in [0.2, 0.25) is 5.02 Å². The Kier molecular flexibility index (Phi) is 12.2. The number of ether oxygens (including phenoxy) is 1. The quantitative estimate of drug-likeness (QED) is 0.174. The van der Waals surface area contributed by atoms with Gasteiger partial charge >= 0.3 is 0 Å². The summed E-state index contributed by atoms with van der Waals surface area (Å²) in [6.45, 7) is 8.62. The van der Waals surface area contributed by atoms with Crippen molar-refractivity contribution in [3.8, 4) is 11.5 Å². The highest BCUT2D eigenvalue weighted by molar-refractivity contribution is 8.24. The summed E-state index contributed by atoms with van der Waals surface area (Å²) in [5.41, 5.74) is 2.95. The van der Waals surface area contributed by atoms with Crippen molar-refractivity contribution in [1.82, 2.24) is 20.2 Å². The number of carbonyl (C=O) groups is 1. The fraction of sp³-hybridized carbons (Fsp3) is 0.367. The van der Waals surface area contributed by atoms with Gasteiger partial charge in [0.05, 0.1) is 22.1 Å². The monoisotopic (exact) mass is 684 g/mol. The molecule has 3 heterocycles. The van der Waals surface area contributed by atoms with Crippen molar-refractivity contribution in [2.75, 3.05) is 48.3 Å². The van der Waals surface area contributed by atoms with Gasteiger partial charge in [-0.25, -0.2) is 9.97 Å². The van der Waals surface area contributed by atoms with Crippen molar-refractivity contribution < 1.29 is 18.6 Å². The molecule has 2 aliphatic rings. The van der Waals surface area contributed by atoms with Gasteiger partial charge < -0.3 is 20.7 Å². The number of rotatable bonds is 7. The number of anilines is 3. The van der Waals surface area contributed by atoms with Crippen molar-refractivity contribution in [3.05, 3.63) is 70.5 Å². The van der Waals surface area contributed by atoms with E-state index in [0.29, 0.717) is 52.5 Å². The van der Waals surface area contributed by atoms with Crippen LogP contribution >= 0.6 is 47.0 Å². The zero-order valence-electron chi connectivity index (χ0n) is 24.8. The lowest BCUT2D eigenvalue weighted by Gasteiger charge is -2.41. The van der Waals surface area contributed by atoms with Crippen LogP contribution in [0.4, 0.5) is 17.3 Å². The molecular formula is C30H39Cl3N6O4S. The molecule has 0 saturated carbocycles. The maximum atomic E-state index is 12.6. The van der Waals surface area contributed by atoms with Gasteiger partial charge in [-0.05, 0) is 69.7 Å². The summed E-state index contributed by atoms with van der Waals surface area (Å²) in [5.74, 6) is 3.01. The van der Waals surface area contributed by atoms with Crippen LogP contribution in [0.25, 0.3) is 6.08 Å². The Balaban J connectivity index is 0.00000264. The summed E-state index contributed by atoms with van der Waals surface area (Å²) in [6, 6.07) is 12.4. The van der Waals surface area contributed by atoms with Crippen LogP contribution in [0.1, 0.15) is 43.1 Å². The van der Waals surface area contributed by atoms with Crippen LogP contribution in [0.5, 0.6) is 11.5 Å². The predicted molar refractivity (Wildman–Crippen MR) is 185 cm³/mol. The molecule has 44 heavy (non-hydrogen) atoms. The molecule has 10 nitrogen and oxygen atoms in total. The molecule has 1 aromatic heterocycles. The van der Waals surface area contributed by atoms with Crippen LogP contribution in [-0.4, -0.2) is 73.1 Å². The molecule has 0 unspecified atom stereocenters. The standard InChI is InChI=1S/C30H37ClN6O4S.2ClH/c1-30(2,3)36-29(38)21-5-4-6-23(16-21)41-26-8-7-22(17-25(26)31)35-28-24-15-20(9-10-32-27(24)33-19-34-28)18-37-11-13-42(39,40)14-12-37;;/h4-8,15-17,19,39-40H,9-14,18H2,1-3H3,(H,36,38)(H2,32,33,34,35);2*1H. The Morgan fingerprint density at radius 3 is 2.57 bits per heavy atom. The van der Waals surface area contributed by atoms with Crippen LogP contribution in [0.15, 0.2) is 54.4 Å². The Bertz CT molecular complexity index is 1490. The number of fused-ring (bicyclic) bond motifs is 1. The fourth-order valence-electron chi connectivity index (χ4n) is 4.76. The number of nitrogens with zero attached hydrogens (tertiary/aromatic N) is 3.